The third-order valence-corrected chi connectivity index (χ3v) is 2.59. The molecule has 2 rings (SSSR count). The number of benzene rings is 1. The van der Waals surface area contributed by atoms with Crippen LogP contribution in [-0.4, -0.2) is 23.5 Å². The minimum absolute atomic E-state index is 0.0186. The quantitative estimate of drug-likeness (QED) is 0.631. The highest BCUT2D eigenvalue weighted by Gasteiger charge is 2.24. The smallest absolute Gasteiger partial charge is 0.312 e. The van der Waals surface area contributed by atoms with Crippen molar-refractivity contribution >= 4 is 11.6 Å². The van der Waals surface area contributed by atoms with Crippen LogP contribution >= 0.6 is 0 Å². The minimum Gasteiger partial charge on any atom is -0.477 e. The first kappa shape index (κ1) is 12.8. The Morgan fingerprint density at radius 2 is 2.32 bits per heavy atom. The van der Waals surface area contributed by atoms with Crippen LogP contribution in [-0.2, 0) is 4.79 Å². The van der Waals surface area contributed by atoms with Gasteiger partial charge >= 0.3 is 5.69 Å². The fraction of sp³-hybridized carbons (Fsp3) is 0.333. The van der Waals surface area contributed by atoms with Gasteiger partial charge in [-0.05, 0) is 25.0 Å². The molecule has 1 fully saturated rings. The summed E-state index contributed by atoms with van der Waals surface area (Å²) in [6.45, 7) is -0.275. The van der Waals surface area contributed by atoms with Gasteiger partial charge in [0.1, 0.15) is 0 Å². The fourth-order valence-corrected chi connectivity index (χ4v) is 1.49. The Morgan fingerprint density at radius 1 is 1.58 bits per heavy atom. The summed E-state index contributed by atoms with van der Waals surface area (Å²) in [5, 5.41) is 22.2. The summed E-state index contributed by atoms with van der Waals surface area (Å²) in [5.41, 5.74) is -0.153. The van der Waals surface area contributed by atoms with Crippen LogP contribution in [0.25, 0.3) is 0 Å². The monoisotopic (exact) mass is 261 g/mol. The first-order valence-electron chi connectivity index (χ1n) is 5.71. The Labute approximate surface area is 108 Å². The zero-order chi connectivity index (χ0) is 13.8. The van der Waals surface area contributed by atoms with Crippen LogP contribution in [0.4, 0.5) is 5.69 Å². The highest BCUT2D eigenvalue weighted by molar-refractivity contribution is 5.78. The summed E-state index contributed by atoms with van der Waals surface area (Å²) in [6.07, 6.45) is 1.92. The molecule has 7 heteroatoms. The number of amides is 1. The number of nitriles is 1. The van der Waals surface area contributed by atoms with Gasteiger partial charge in [-0.15, -0.1) is 0 Å². The van der Waals surface area contributed by atoms with Crippen molar-refractivity contribution < 1.29 is 14.5 Å². The van der Waals surface area contributed by atoms with Gasteiger partial charge in [0.25, 0.3) is 5.91 Å². The molecule has 1 saturated carbocycles. The van der Waals surface area contributed by atoms with Crippen LogP contribution in [0, 0.1) is 21.4 Å². The Kier molecular flexibility index (Phi) is 3.61. The molecule has 1 N–H and O–H groups in total. The van der Waals surface area contributed by atoms with Crippen LogP contribution in [0.15, 0.2) is 18.2 Å². The van der Waals surface area contributed by atoms with E-state index in [0.717, 1.165) is 18.9 Å². The van der Waals surface area contributed by atoms with Gasteiger partial charge in [-0.3, -0.25) is 14.9 Å². The lowest BCUT2D eigenvalue weighted by molar-refractivity contribution is -0.385. The van der Waals surface area contributed by atoms with Crippen LogP contribution in [0.2, 0.25) is 0 Å². The summed E-state index contributed by atoms with van der Waals surface area (Å²) < 4.78 is 5.13. The van der Waals surface area contributed by atoms with Crippen LogP contribution < -0.4 is 10.1 Å². The van der Waals surface area contributed by atoms with Crippen LogP contribution in [0.3, 0.4) is 0 Å². The van der Waals surface area contributed by atoms with Gasteiger partial charge in [0, 0.05) is 12.1 Å². The lowest BCUT2D eigenvalue weighted by Crippen LogP contribution is -2.30. The Bertz CT molecular complexity index is 561. The van der Waals surface area contributed by atoms with E-state index in [-0.39, 0.29) is 35.6 Å². The summed E-state index contributed by atoms with van der Waals surface area (Å²) >= 11 is 0. The molecule has 0 unspecified atom stereocenters. The molecule has 1 aromatic rings. The minimum atomic E-state index is -0.644. The van der Waals surface area contributed by atoms with Crippen molar-refractivity contribution in [3.05, 3.63) is 33.9 Å². The van der Waals surface area contributed by atoms with Crippen molar-refractivity contribution in [3.8, 4) is 11.8 Å². The number of carbonyl (C=O) groups is 1. The summed E-state index contributed by atoms with van der Waals surface area (Å²) in [7, 11) is 0. The van der Waals surface area contributed by atoms with E-state index in [4.69, 9.17) is 10.00 Å². The average Bonchev–Trinajstić information content (AvgIpc) is 3.20. The third kappa shape index (κ3) is 3.42. The van der Waals surface area contributed by atoms with E-state index in [1.807, 2.05) is 6.07 Å². The molecule has 98 valence electrons. The normalized spacial score (nSPS) is 13.4. The van der Waals surface area contributed by atoms with E-state index in [0.29, 0.717) is 0 Å². The number of hydrogen-bond acceptors (Lipinski definition) is 5. The molecule has 0 bridgehead atoms. The number of nitro groups is 1. The molecule has 19 heavy (non-hydrogen) atoms. The molecular weight excluding hydrogens is 250 g/mol. The van der Waals surface area contributed by atoms with Crippen molar-refractivity contribution in [2.45, 2.75) is 18.9 Å². The lowest BCUT2D eigenvalue weighted by Gasteiger charge is -2.07. The number of carbonyl (C=O) groups excluding carboxylic acids is 1. The average molecular weight is 261 g/mol. The summed E-state index contributed by atoms with van der Waals surface area (Å²) in [6, 6.07) is 5.87. The molecular formula is C12H11N3O4. The Balaban J connectivity index is 2.04. The topological polar surface area (TPSA) is 105 Å². The first-order chi connectivity index (χ1) is 9.10. The van der Waals surface area contributed by atoms with Crippen LogP contribution in [0.1, 0.15) is 18.4 Å². The van der Waals surface area contributed by atoms with Gasteiger partial charge in [-0.2, -0.15) is 5.26 Å². The van der Waals surface area contributed by atoms with E-state index >= 15 is 0 Å². The third-order valence-electron chi connectivity index (χ3n) is 2.59. The largest absolute Gasteiger partial charge is 0.477 e. The number of rotatable bonds is 5. The molecule has 1 amide bonds. The van der Waals surface area contributed by atoms with Crippen LogP contribution in [0.5, 0.6) is 5.75 Å². The molecule has 1 aromatic carbocycles. The first-order valence-corrected chi connectivity index (χ1v) is 5.71. The van der Waals surface area contributed by atoms with Crippen molar-refractivity contribution in [1.82, 2.24) is 5.32 Å². The fourth-order valence-electron chi connectivity index (χ4n) is 1.49. The highest BCUT2D eigenvalue weighted by Crippen LogP contribution is 2.27. The molecule has 0 spiro atoms. The van der Waals surface area contributed by atoms with E-state index in [2.05, 4.69) is 5.32 Å². The number of nitrogens with one attached hydrogen (secondary N) is 1. The number of nitrogens with zero attached hydrogens (tertiary/aromatic N) is 2. The SMILES string of the molecule is N#Cc1ccc(OCC(=O)NC2CC2)c([N+](=O)[O-])c1. The molecule has 0 atom stereocenters. The molecule has 0 heterocycles. The molecule has 0 saturated heterocycles. The van der Waals surface area contributed by atoms with Crippen molar-refractivity contribution in [3.63, 3.8) is 0 Å². The molecule has 1 aliphatic carbocycles. The second kappa shape index (κ2) is 5.35. The van der Waals surface area contributed by atoms with E-state index in [1.54, 1.807) is 0 Å². The maximum absolute atomic E-state index is 11.4. The highest BCUT2D eigenvalue weighted by atomic mass is 16.6. The lowest BCUT2D eigenvalue weighted by atomic mass is 10.2. The van der Waals surface area contributed by atoms with Crippen molar-refractivity contribution in [1.29, 1.82) is 5.26 Å². The Morgan fingerprint density at radius 3 is 2.89 bits per heavy atom. The second-order valence-corrected chi connectivity index (χ2v) is 4.18. The van der Waals surface area contributed by atoms with Gasteiger partial charge in [0.15, 0.2) is 12.4 Å². The molecule has 0 aromatic heterocycles. The number of nitro benzene ring substituents is 1. The predicted octanol–water partition coefficient (Wildman–Crippen LogP) is 1.12. The van der Waals surface area contributed by atoms with Crippen molar-refractivity contribution in [2.75, 3.05) is 6.61 Å². The molecule has 0 radical (unpaired) electrons. The van der Waals surface area contributed by atoms with Gasteiger partial charge in [0.05, 0.1) is 16.6 Å². The predicted molar refractivity (Wildman–Crippen MR) is 64.5 cm³/mol. The van der Waals surface area contributed by atoms with Gasteiger partial charge < -0.3 is 10.1 Å². The van der Waals surface area contributed by atoms with E-state index < -0.39 is 4.92 Å². The zero-order valence-corrected chi connectivity index (χ0v) is 9.96. The van der Waals surface area contributed by atoms with E-state index in [1.165, 1.54) is 12.1 Å². The maximum Gasteiger partial charge on any atom is 0.312 e. The second-order valence-electron chi connectivity index (χ2n) is 4.18. The zero-order valence-electron chi connectivity index (χ0n) is 9.96. The van der Waals surface area contributed by atoms with Gasteiger partial charge in [-0.1, -0.05) is 0 Å². The number of ether oxygens (including phenoxy) is 1. The Hall–Kier alpha value is -2.62. The number of hydrogen-bond donors (Lipinski definition) is 1. The molecule has 7 nitrogen and oxygen atoms in total. The van der Waals surface area contributed by atoms with Gasteiger partial charge in [0.2, 0.25) is 0 Å². The maximum atomic E-state index is 11.4. The summed E-state index contributed by atoms with van der Waals surface area (Å²) in [4.78, 5) is 21.6. The molecule has 1 aliphatic rings. The van der Waals surface area contributed by atoms with Crippen molar-refractivity contribution in [2.24, 2.45) is 0 Å². The summed E-state index contributed by atoms with van der Waals surface area (Å²) in [5.74, 6) is -0.323. The standard InChI is InChI=1S/C12H11N3O4/c13-6-8-1-4-11(10(5-8)15(17)18)19-7-12(16)14-9-2-3-9/h1,4-5,9H,2-3,7H2,(H,14,16). The van der Waals surface area contributed by atoms with Gasteiger partial charge in [-0.25, -0.2) is 0 Å². The molecule has 0 aliphatic heterocycles. The van der Waals surface area contributed by atoms with E-state index in [9.17, 15) is 14.9 Å².